The maximum absolute atomic E-state index is 15.3. The standard InChI is InChI=1S/C34H36Cl2FN9O4/c1-3-23(2)46-33(47)45(22-41-46)25-5-8-31(30(37)15-25)42-10-12-43(13-11-42)32-9-6-26(16-39-32)48-17-27-18-49-34(50-27,19-44-21-38-20-40-44)28-7-4-24(35)14-29(28)36/h4-9,14-16,20-23,27H,3,10-13,17-19H2,1-2H3/t23-,27+,34+/m0/s1. The zero-order valence-electron chi connectivity index (χ0n) is 27.5. The molecule has 2 fully saturated rings. The fourth-order valence-corrected chi connectivity index (χ4v) is 6.72. The molecule has 0 bridgehead atoms. The maximum atomic E-state index is 15.3. The van der Waals surface area contributed by atoms with Crippen molar-refractivity contribution in [2.45, 2.75) is 44.7 Å². The molecule has 5 aromatic rings. The van der Waals surface area contributed by atoms with Gasteiger partial charge in [-0.3, -0.25) is 0 Å². The summed E-state index contributed by atoms with van der Waals surface area (Å²) >= 11 is 12.7. The molecule has 0 N–H and O–H groups in total. The van der Waals surface area contributed by atoms with E-state index >= 15 is 4.39 Å². The summed E-state index contributed by atoms with van der Waals surface area (Å²) < 4.78 is 38.4. The van der Waals surface area contributed by atoms with E-state index < -0.39 is 11.9 Å². The van der Waals surface area contributed by atoms with Gasteiger partial charge >= 0.3 is 5.69 Å². The Morgan fingerprint density at radius 2 is 1.86 bits per heavy atom. The van der Waals surface area contributed by atoms with Gasteiger partial charge in [-0.25, -0.2) is 33.1 Å². The summed E-state index contributed by atoms with van der Waals surface area (Å²) in [5.74, 6) is -0.196. The first kappa shape index (κ1) is 34.0. The first-order chi connectivity index (χ1) is 24.2. The first-order valence-corrected chi connectivity index (χ1v) is 17.1. The van der Waals surface area contributed by atoms with E-state index in [-0.39, 0.29) is 37.3 Å². The van der Waals surface area contributed by atoms with Crippen LogP contribution in [-0.4, -0.2) is 79.6 Å². The van der Waals surface area contributed by atoms with Gasteiger partial charge in [-0.2, -0.15) is 10.2 Å². The van der Waals surface area contributed by atoms with Gasteiger partial charge in [-0.05, 0) is 49.7 Å². The number of piperazine rings is 1. The predicted octanol–water partition coefficient (Wildman–Crippen LogP) is 5.11. The first-order valence-electron chi connectivity index (χ1n) is 16.4. The quantitative estimate of drug-likeness (QED) is 0.182. The SMILES string of the molecule is CC[C@H](C)n1ncn(-c2ccc(N3CCN(c4ccc(OC[C@@H]5CO[C@@](Cn6cncn6)(c6ccc(Cl)cc6Cl)O5)cn4)CC3)c(F)c2)c1=O. The number of halogens is 3. The van der Waals surface area contributed by atoms with Gasteiger partial charge in [0.05, 0.1) is 35.2 Å². The minimum absolute atomic E-state index is 0.0380. The topological polar surface area (TPSA) is 118 Å². The van der Waals surface area contributed by atoms with Crippen LogP contribution in [0.4, 0.5) is 15.9 Å². The van der Waals surface area contributed by atoms with E-state index in [1.54, 1.807) is 47.5 Å². The van der Waals surface area contributed by atoms with Crippen molar-refractivity contribution >= 4 is 34.7 Å². The Morgan fingerprint density at radius 3 is 2.56 bits per heavy atom. The lowest BCUT2D eigenvalue weighted by Crippen LogP contribution is -2.47. The van der Waals surface area contributed by atoms with Gasteiger partial charge in [0.25, 0.3) is 0 Å². The molecule has 0 saturated carbocycles. The molecular formula is C34H36Cl2FN9O4. The number of nitrogens with zero attached hydrogens (tertiary/aromatic N) is 9. The number of hydrogen-bond donors (Lipinski definition) is 0. The second-order valence-corrected chi connectivity index (χ2v) is 13.1. The summed E-state index contributed by atoms with van der Waals surface area (Å²) in [7, 11) is 0. The van der Waals surface area contributed by atoms with E-state index in [4.69, 9.17) is 37.4 Å². The molecular weight excluding hydrogens is 688 g/mol. The van der Waals surface area contributed by atoms with Crippen LogP contribution in [0.2, 0.25) is 10.0 Å². The smallest absolute Gasteiger partial charge is 0.350 e. The van der Waals surface area contributed by atoms with Crippen LogP contribution in [-0.2, 0) is 21.8 Å². The van der Waals surface area contributed by atoms with Gasteiger partial charge in [-0.1, -0.05) is 36.2 Å². The lowest BCUT2D eigenvalue weighted by Gasteiger charge is -2.36. The van der Waals surface area contributed by atoms with Crippen LogP contribution in [0.25, 0.3) is 5.69 Å². The van der Waals surface area contributed by atoms with Gasteiger partial charge < -0.3 is 24.0 Å². The second kappa shape index (κ2) is 14.4. The molecule has 5 heterocycles. The van der Waals surface area contributed by atoms with Crippen molar-refractivity contribution in [1.29, 1.82) is 0 Å². The lowest BCUT2D eigenvalue weighted by atomic mass is 10.1. The molecule has 0 spiro atoms. The third-order valence-corrected chi connectivity index (χ3v) is 9.60. The molecule has 3 aromatic heterocycles. The predicted molar refractivity (Wildman–Crippen MR) is 186 cm³/mol. The van der Waals surface area contributed by atoms with Crippen molar-refractivity contribution in [3.8, 4) is 11.4 Å². The van der Waals surface area contributed by atoms with Crippen LogP contribution in [0.1, 0.15) is 31.9 Å². The van der Waals surface area contributed by atoms with Crippen LogP contribution < -0.4 is 20.2 Å². The third kappa shape index (κ3) is 6.93. The van der Waals surface area contributed by atoms with Crippen molar-refractivity contribution in [3.63, 3.8) is 0 Å². The Morgan fingerprint density at radius 1 is 1.04 bits per heavy atom. The number of aromatic nitrogens is 7. The summed E-state index contributed by atoms with van der Waals surface area (Å²) in [5, 5.41) is 9.33. The van der Waals surface area contributed by atoms with Crippen molar-refractivity contribution in [2.24, 2.45) is 0 Å². The van der Waals surface area contributed by atoms with Crippen LogP contribution >= 0.6 is 23.2 Å². The Labute approximate surface area is 297 Å². The zero-order chi connectivity index (χ0) is 34.8. The van der Waals surface area contributed by atoms with E-state index in [1.165, 1.54) is 28.0 Å². The molecule has 2 aliphatic heterocycles. The Kier molecular flexibility index (Phi) is 9.78. The number of anilines is 2. The molecule has 2 aromatic carbocycles. The van der Waals surface area contributed by atoms with E-state index in [0.717, 1.165) is 12.2 Å². The minimum Gasteiger partial charge on any atom is -0.489 e. The average Bonchev–Trinajstić information content (AvgIpc) is 3.88. The molecule has 16 heteroatoms. The lowest BCUT2D eigenvalue weighted by molar-refractivity contribution is -0.190. The fourth-order valence-electron chi connectivity index (χ4n) is 6.16. The molecule has 0 unspecified atom stereocenters. The molecule has 7 rings (SSSR count). The number of hydrogen-bond acceptors (Lipinski definition) is 10. The van der Waals surface area contributed by atoms with Gasteiger partial charge in [0.15, 0.2) is 0 Å². The summed E-state index contributed by atoms with van der Waals surface area (Å²) in [6, 6.07) is 13.8. The van der Waals surface area contributed by atoms with Gasteiger partial charge in [0.2, 0.25) is 5.79 Å². The molecule has 0 amide bonds. The Bertz CT molecular complexity index is 1980. The van der Waals surface area contributed by atoms with Gasteiger partial charge in [0, 0.05) is 42.8 Å². The summed E-state index contributed by atoms with van der Waals surface area (Å²) in [6.07, 6.45) is 6.52. The average molecular weight is 725 g/mol. The highest BCUT2D eigenvalue weighted by Crippen LogP contribution is 2.40. The maximum Gasteiger partial charge on any atom is 0.350 e. The van der Waals surface area contributed by atoms with Crippen LogP contribution in [0.3, 0.4) is 0 Å². The van der Waals surface area contributed by atoms with Crippen LogP contribution in [0.5, 0.6) is 5.75 Å². The molecule has 262 valence electrons. The highest BCUT2D eigenvalue weighted by molar-refractivity contribution is 6.35. The number of rotatable bonds is 11. The van der Waals surface area contributed by atoms with E-state index in [0.29, 0.717) is 58.9 Å². The van der Waals surface area contributed by atoms with Gasteiger partial charge in [-0.15, -0.1) is 0 Å². The number of benzene rings is 2. The molecule has 0 radical (unpaired) electrons. The van der Waals surface area contributed by atoms with E-state index in [1.807, 2.05) is 30.9 Å². The number of ether oxygens (including phenoxy) is 3. The molecule has 3 atom stereocenters. The molecule has 2 saturated heterocycles. The Hall–Kier alpha value is -4.50. The third-order valence-electron chi connectivity index (χ3n) is 9.05. The van der Waals surface area contributed by atoms with Crippen LogP contribution in [0.15, 0.2) is 78.5 Å². The summed E-state index contributed by atoms with van der Waals surface area (Å²) in [4.78, 5) is 25.6. The highest BCUT2D eigenvalue weighted by atomic mass is 35.5. The summed E-state index contributed by atoms with van der Waals surface area (Å²) in [5.41, 5.74) is 1.29. The summed E-state index contributed by atoms with van der Waals surface area (Å²) in [6.45, 7) is 7.17. The van der Waals surface area contributed by atoms with E-state index in [2.05, 4.69) is 25.1 Å². The normalized spacial score (nSPS) is 20.0. The van der Waals surface area contributed by atoms with Gasteiger partial charge in [0.1, 0.15) is 55.6 Å². The molecule has 50 heavy (non-hydrogen) atoms. The van der Waals surface area contributed by atoms with Crippen molar-refractivity contribution in [2.75, 3.05) is 49.2 Å². The Balaban J connectivity index is 0.939. The fraction of sp³-hybridized carbons (Fsp3) is 0.382. The van der Waals surface area contributed by atoms with E-state index in [9.17, 15) is 4.79 Å². The molecule has 0 aliphatic carbocycles. The minimum atomic E-state index is -1.20. The van der Waals surface area contributed by atoms with Crippen molar-refractivity contribution in [3.05, 3.63) is 106 Å². The van der Waals surface area contributed by atoms with Crippen molar-refractivity contribution in [1.82, 2.24) is 34.1 Å². The monoisotopic (exact) mass is 723 g/mol. The molecule has 13 nitrogen and oxygen atoms in total. The largest absolute Gasteiger partial charge is 0.489 e. The zero-order valence-corrected chi connectivity index (χ0v) is 29.0. The van der Waals surface area contributed by atoms with Crippen molar-refractivity contribution < 1.29 is 18.6 Å². The number of pyridine rings is 1. The second-order valence-electron chi connectivity index (χ2n) is 12.3. The van der Waals surface area contributed by atoms with Crippen LogP contribution in [0, 0.1) is 5.82 Å². The highest BCUT2D eigenvalue weighted by Gasteiger charge is 2.45. The molecule has 2 aliphatic rings.